The minimum absolute atomic E-state index is 0.115. The number of carbonyl (C=O) groups excluding carboxylic acids is 1. The van der Waals surface area contributed by atoms with Gasteiger partial charge in [0.1, 0.15) is 5.75 Å². The average molecular weight is 379 g/mol. The van der Waals surface area contributed by atoms with Crippen LogP contribution in [-0.2, 0) is 11.2 Å². The van der Waals surface area contributed by atoms with E-state index < -0.39 is 0 Å². The first-order valence-electron chi connectivity index (χ1n) is 10.0. The van der Waals surface area contributed by atoms with E-state index in [0.717, 1.165) is 29.5 Å². The van der Waals surface area contributed by atoms with E-state index in [-0.39, 0.29) is 11.8 Å². The van der Waals surface area contributed by atoms with Crippen LogP contribution < -0.4 is 10.1 Å². The first-order valence-corrected chi connectivity index (χ1v) is 10.0. The monoisotopic (exact) mass is 378 g/mol. The third-order valence-corrected chi connectivity index (χ3v) is 5.12. The van der Waals surface area contributed by atoms with Crippen LogP contribution in [0.25, 0.3) is 10.9 Å². The molecule has 2 N–H and O–H groups in total. The molecule has 1 heterocycles. The summed E-state index contributed by atoms with van der Waals surface area (Å²) in [6.07, 6.45) is 4.40. The molecule has 1 atom stereocenters. The van der Waals surface area contributed by atoms with Crippen LogP contribution in [-0.4, -0.2) is 24.5 Å². The largest absolute Gasteiger partial charge is 0.497 e. The number of hydrogen-bond acceptors (Lipinski definition) is 2. The highest BCUT2D eigenvalue weighted by Crippen LogP contribution is 2.33. The number of nitrogens with one attached hydrogen (secondary N) is 2. The molecule has 0 spiro atoms. The molecule has 0 bridgehead atoms. The van der Waals surface area contributed by atoms with E-state index in [2.05, 4.69) is 60.7 Å². The first-order chi connectivity index (χ1) is 13.6. The van der Waals surface area contributed by atoms with Crippen molar-refractivity contribution in [3.05, 3.63) is 65.9 Å². The molecule has 3 aromatic rings. The second-order valence-electron chi connectivity index (χ2n) is 7.78. The lowest BCUT2D eigenvalue weighted by atomic mass is 9.89. The van der Waals surface area contributed by atoms with Gasteiger partial charge in [-0.2, -0.15) is 0 Å². The van der Waals surface area contributed by atoms with Crippen LogP contribution in [0.4, 0.5) is 0 Å². The summed E-state index contributed by atoms with van der Waals surface area (Å²) in [5, 5.41) is 4.20. The summed E-state index contributed by atoms with van der Waals surface area (Å²) in [6.45, 7) is 4.93. The molecule has 2 aromatic carbocycles. The number of benzene rings is 2. The summed E-state index contributed by atoms with van der Waals surface area (Å²) >= 11 is 0. The van der Waals surface area contributed by atoms with Gasteiger partial charge in [0.15, 0.2) is 0 Å². The zero-order valence-electron chi connectivity index (χ0n) is 17.0. The lowest BCUT2D eigenvalue weighted by molar-refractivity contribution is -0.121. The van der Waals surface area contributed by atoms with Gasteiger partial charge in [0.2, 0.25) is 5.91 Å². The molecule has 0 aliphatic heterocycles. The lowest BCUT2D eigenvalue weighted by Gasteiger charge is -2.17. The summed E-state index contributed by atoms with van der Waals surface area (Å²) in [4.78, 5) is 15.9. The quantitative estimate of drug-likeness (QED) is 0.547. The van der Waals surface area contributed by atoms with Crippen LogP contribution >= 0.6 is 0 Å². The topological polar surface area (TPSA) is 54.1 Å². The Labute approximate surface area is 167 Å². The lowest BCUT2D eigenvalue weighted by Crippen LogP contribution is -2.28. The Hall–Kier alpha value is -2.75. The van der Waals surface area contributed by atoms with E-state index in [4.69, 9.17) is 4.74 Å². The molecule has 28 heavy (non-hydrogen) atoms. The SMILES string of the molecule is COc1ccc2[nH]cc([C@@H](CCc3ccccc3)CC(=O)NCC(C)C)c2c1. The van der Waals surface area contributed by atoms with Crippen LogP contribution in [0.15, 0.2) is 54.7 Å². The number of ether oxygens (including phenoxy) is 1. The highest BCUT2D eigenvalue weighted by molar-refractivity contribution is 5.86. The number of carbonyl (C=O) groups is 1. The summed E-state index contributed by atoms with van der Waals surface area (Å²) in [5.74, 6) is 1.54. The third-order valence-electron chi connectivity index (χ3n) is 5.12. The Morgan fingerprint density at radius 2 is 1.93 bits per heavy atom. The molecule has 148 valence electrons. The number of rotatable bonds is 9. The molecule has 0 aliphatic rings. The maximum absolute atomic E-state index is 12.6. The molecule has 0 saturated carbocycles. The highest BCUT2D eigenvalue weighted by atomic mass is 16.5. The molecule has 4 heteroatoms. The van der Waals surface area contributed by atoms with E-state index in [9.17, 15) is 4.79 Å². The molecule has 0 saturated heterocycles. The number of H-pyrrole nitrogens is 1. The molecule has 3 rings (SSSR count). The number of aromatic amines is 1. The molecular formula is C24H30N2O2. The fraction of sp³-hybridized carbons (Fsp3) is 0.375. The zero-order chi connectivity index (χ0) is 19.9. The van der Waals surface area contributed by atoms with Crippen molar-refractivity contribution >= 4 is 16.8 Å². The van der Waals surface area contributed by atoms with Crippen LogP contribution in [0.3, 0.4) is 0 Å². The predicted molar refractivity (Wildman–Crippen MR) is 115 cm³/mol. The smallest absolute Gasteiger partial charge is 0.220 e. The minimum atomic E-state index is 0.115. The molecule has 0 aliphatic carbocycles. The minimum Gasteiger partial charge on any atom is -0.497 e. The van der Waals surface area contributed by atoms with Crippen molar-refractivity contribution in [1.82, 2.24) is 10.3 Å². The Morgan fingerprint density at radius 1 is 1.14 bits per heavy atom. The second-order valence-corrected chi connectivity index (χ2v) is 7.78. The van der Waals surface area contributed by atoms with Crippen molar-refractivity contribution in [2.45, 2.75) is 39.0 Å². The number of aromatic nitrogens is 1. The maximum Gasteiger partial charge on any atom is 0.220 e. The van der Waals surface area contributed by atoms with Crippen LogP contribution in [0.1, 0.15) is 43.7 Å². The summed E-state index contributed by atoms with van der Waals surface area (Å²) in [5.41, 5.74) is 3.56. The van der Waals surface area contributed by atoms with Gasteiger partial charge in [-0.25, -0.2) is 0 Å². The molecule has 1 aromatic heterocycles. The molecule has 4 nitrogen and oxygen atoms in total. The number of fused-ring (bicyclic) bond motifs is 1. The van der Waals surface area contributed by atoms with E-state index in [1.807, 2.05) is 18.2 Å². The van der Waals surface area contributed by atoms with Gasteiger partial charge in [0, 0.05) is 30.1 Å². The van der Waals surface area contributed by atoms with E-state index >= 15 is 0 Å². The van der Waals surface area contributed by atoms with Crippen molar-refractivity contribution in [2.75, 3.05) is 13.7 Å². The highest BCUT2D eigenvalue weighted by Gasteiger charge is 2.20. The van der Waals surface area contributed by atoms with Crippen molar-refractivity contribution < 1.29 is 9.53 Å². The van der Waals surface area contributed by atoms with Crippen LogP contribution in [0.5, 0.6) is 5.75 Å². The number of hydrogen-bond donors (Lipinski definition) is 2. The van der Waals surface area contributed by atoms with Crippen molar-refractivity contribution in [3.63, 3.8) is 0 Å². The van der Waals surface area contributed by atoms with Crippen molar-refractivity contribution in [1.29, 1.82) is 0 Å². The summed E-state index contributed by atoms with van der Waals surface area (Å²) in [7, 11) is 1.68. The maximum atomic E-state index is 12.6. The van der Waals surface area contributed by atoms with Crippen LogP contribution in [0.2, 0.25) is 0 Å². The van der Waals surface area contributed by atoms with Crippen molar-refractivity contribution in [2.24, 2.45) is 5.92 Å². The van der Waals surface area contributed by atoms with Gasteiger partial charge in [0.05, 0.1) is 7.11 Å². The fourth-order valence-electron chi connectivity index (χ4n) is 3.55. The molecule has 0 unspecified atom stereocenters. The fourth-order valence-corrected chi connectivity index (χ4v) is 3.55. The second kappa shape index (κ2) is 9.45. The Kier molecular flexibility index (Phi) is 6.75. The van der Waals surface area contributed by atoms with E-state index in [0.29, 0.717) is 18.9 Å². The Balaban J connectivity index is 1.83. The van der Waals surface area contributed by atoms with Crippen LogP contribution in [0, 0.1) is 5.92 Å². The van der Waals surface area contributed by atoms with Gasteiger partial charge in [-0.15, -0.1) is 0 Å². The third kappa shape index (κ3) is 5.16. The summed E-state index contributed by atoms with van der Waals surface area (Å²) < 4.78 is 5.41. The molecular weight excluding hydrogens is 348 g/mol. The Morgan fingerprint density at radius 3 is 2.64 bits per heavy atom. The number of aryl methyl sites for hydroxylation is 1. The summed E-state index contributed by atoms with van der Waals surface area (Å²) in [6, 6.07) is 16.5. The molecule has 0 radical (unpaired) electrons. The van der Waals surface area contributed by atoms with Gasteiger partial charge in [0.25, 0.3) is 0 Å². The molecule has 1 amide bonds. The molecule has 0 fully saturated rings. The van der Waals surface area contributed by atoms with Gasteiger partial charge < -0.3 is 15.0 Å². The number of methoxy groups -OCH3 is 1. The normalized spacial score (nSPS) is 12.3. The van der Waals surface area contributed by atoms with Gasteiger partial charge in [-0.3, -0.25) is 4.79 Å². The number of amides is 1. The van der Waals surface area contributed by atoms with Crippen molar-refractivity contribution in [3.8, 4) is 5.75 Å². The zero-order valence-corrected chi connectivity index (χ0v) is 17.0. The standard InChI is InChI=1S/C24H30N2O2/c1-17(2)15-26-24(27)13-19(10-9-18-7-5-4-6-8-18)22-16-25-23-12-11-20(28-3)14-21(22)23/h4-8,11-12,14,16-17,19,25H,9-10,13,15H2,1-3H3,(H,26,27)/t19-/m0/s1. The average Bonchev–Trinajstić information content (AvgIpc) is 3.13. The first kappa shape index (κ1) is 20.0. The van der Waals surface area contributed by atoms with E-state index in [1.165, 1.54) is 11.1 Å². The van der Waals surface area contributed by atoms with Gasteiger partial charge in [-0.05, 0) is 54.0 Å². The van der Waals surface area contributed by atoms with Gasteiger partial charge >= 0.3 is 0 Å². The Bertz CT molecular complexity index is 899. The van der Waals surface area contributed by atoms with Gasteiger partial charge in [-0.1, -0.05) is 44.2 Å². The van der Waals surface area contributed by atoms with E-state index in [1.54, 1.807) is 7.11 Å². The predicted octanol–water partition coefficient (Wildman–Crippen LogP) is 5.06.